The van der Waals surface area contributed by atoms with Crippen molar-refractivity contribution < 1.29 is 14.6 Å². The molecule has 0 aromatic heterocycles. The number of carboxylic acid groups (broad SMARTS) is 1. The number of hydrogen-bond acceptors (Lipinski definition) is 3. The van der Waals surface area contributed by atoms with E-state index in [2.05, 4.69) is 0 Å². The highest BCUT2D eigenvalue weighted by Crippen LogP contribution is 2.25. The van der Waals surface area contributed by atoms with Gasteiger partial charge in [0.05, 0.1) is 5.60 Å². The van der Waals surface area contributed by atoms with E-state index in [4.69, 9.17) is 15.6 Å². The fourth-order valence-electron chi connectivity index (χ4n) is 1.70. The lowest BCUT2D eigenvalue weighted by Gasteiger charge is -2.24. The van der Waals surface area contributed by atoms with E-state index in [0.29, 0.717) is 6.42 Å². The molecule has 100 valence electrons. The zero-order valence-electron chi connectivity index (χ0n) is 11.1. The molecular weight excluding hydrogens is 230 g/mol. The molecule has 1 aromatic rings. The third-order valence-electron chi connectivity index (χ3n) is 3.21. The van der Waals surface area contributed by atoms with Gasteiger partial charge in [0.1, 0.15) is 0 Å². The fourth-order valence-corrected chi connectivity index (χ4v) is 1.70. The Kier molecular flexibility index (Phi) is 4.87. The Morgan fingerprint density at radius 1 is 1.39 bits per heavy atom. The van der Waals surface area contributed by atoms with Crippen molar-refractivity contribution in [3.05, 3.63) is 35.4 Å². The summed E-state index contributed by atoms with van der Waals surface area (Å²) in [6, 6.07) is 7.57. The van der Waals surface area contributed by atoms with Crippen molar-refractivity contribution in [2.24, 2.45) is 5.73 Å². The highest BCUT2D eigenvalue weighted by molar-refractivity contribution is 5.66. The molecule has 4 heteroatoms. The number of aliphatic carboxylic acids is 1. The zero-order valence-corrected chi connectivity index (χ0v) is 11.1. The summed E-state index contributed by atoms with van der Waals surface area (Å²) < 4.78 is 5.39. The minimum Gasteiger partial charge on any atom is -0.481 e. The molecule has 1 atom stereocenters. The number of nitrogens with two attached hydrogens (primary N) is 1. The van der Waals surface area contributed by atoms with Crippen LogP contribution in [-0.2, 0) is 15.1 Å². The van der Waals surface area contributed by atoms with Gasteiger partial charge in [0, 0.05) is 19.6 Å². The third kappa shape index (κ3) is 3.82. The summed E-state index contributed by atoms with van der Waals surface area (Å²) in [4.78, 5) is 10.5. The lowest BCUT2D eigenvalue weighted by Crippen LogP contribution is -2.19. The molecule has 0 spiro atoms. The summed E-state index contributed by atoms with van der Waals surface area (Å²) >= 11 is 0. The molecule has 1 unspecified atom stereocenters. The highest BCUT2D eigenvalue weighted by Gasteiger charge is 2.19. The van der Waals surface area contributed by atoms with E-state index in [1.165, 1.54) is 0 Å². The minimum atomic E-state index is -0.817. The van der Waals surface area contributed by atoms with E-state index in [9.17, 15) is 4.79 Å². The van der Waals surface area contributed by atoms with Crippen LogP contribution in [0.4, 0.5) is 0 Å². The predicted molar refractivity (Wildman–Crippen MR) is 70.3 cm³/mol. The molecule has 0 saturated carbocycles. The molecule has 4 nitrogen and oxygen atoms in total. The Labute approximate surface area is 108 Å². The molecule has 18 heavy (non-hydrogen) atoms. The summed E-state index contributed by atoms with van der Waals surface area (Å²) in [7, 11) is 1.67. The SMILES string of the molecule is COC(C)(C)c1ccc(C(N)CCC(=O)O)cc1. The predicted octanol–water partition coefficient (Wildman–Crippen LogP) is 2.43. The molecule has 0 amide bonds. The van der Waals surface area contributed by atoms with Gasteiger partial charge in [-0.1, -0.05) is 24.3 Å². The van der Waals surface area contributed by atoms with E-state index in [1.54, 1.807) is 7.11 Å². The van der Waals surface area contributed by atoms with E-state index in [-0.39, 0.29) is 18.1 Å². The first-order chi connectivity index (χ1) is 8.36. The second kappa shape index (κ2) is 5.98. The lowest BCUT2D eigenvalue weighted by molar-refractivity contribution is -0.137. The first-order valence-corrected chi connectivity index (χ1v) is 6.00. The van der Waals surface area contributed by atoms with Crippen LogP contribution >= 0.6 is 0 Å². The Morgan fingerprint density at radius 3 is 2.39 bits per heavy atom. The van der Waals surface area contributed by atoms with Crippen LogP contribution in [0, 0.1) is 0 Å². The number of hydrogen-bond donors (Lipinski definition) is 2. The second-order valence-electron chi connectivity index (χ2n) is 4.88. The van der Waals surface area contributed by atoms with Crippen LogP contribution in [0.5, 0.6) is 0 Å². The maximum absolute atomic E-state index is 10.5. The quantitative estimate of drug-likeness (QED) is 0.814. The molecule has 1 aromatic carbocycles. The van der Waals surface area contributed by atoms with Crippen molar-refractivity contribution in [1.29, 1.82) is 0 Å². The van der Waals surface area contributed by atoms with Crippen LogP contribution in [0.3, 0.4) is 0 Å². The lowest BCUT2D eigenvalue weighted by atomic mass is 9.94. The Morgan fingerprint density at radius 2 is 1.94 bits per heavy atom. The van der Waals surface area contributed by atoms with Gasteiger partial charge in [0.2, 0.25) is 0 Å². The van der Waals surface area contributed by atoms with E-state index in [1.807, 2.05) is 38.1 Å². The van der Waals surface area contributed by atoms with Crippen LogP contribution < -0.4 is 5.73 Å². The fraction of sp³-hybridized carbons (Fsp3) is 0.500. The Balaban J connectivity index is 2.73. The van der Waals surface area contributed by atoms with Crippen molar-refractivity contribution in [2.75, 3.05) is 7.11 Å². The molecule has 0 saturated heterocycles. The van der Waals surface area contributed by atoms with Crippen LogP contribution in [-0.4, -0.2) is 18.2 Å². The minimum absolute atomic E-state index is 0.0898. The molecule has 0 aliphatic rings. The molecule has 0 bridgehead atoms. The van der Waals surface area contributed by atoms with Crippen molar-refractivity contribution in [2.45, 2.75) is 38.3 Å². The Hall–Kier alpha value is -1.39. The van der Waals surface area contributed by atoms with Gasteiger partial charge in [0.15, 0.2) is 0 Å². The molecular formula is C14H21NO3. The van der Waals surface area contributed by atoms with Gasteiger partial charge < -0.3 is 15.6 Å². The van der Waals surface area contributed by atoms with E-state index < -0.39 is 5.97 Å². The first-order valence-electron chi connectivity index (χ1n) is 6.00. The van der Waals surface area contributed by atoms with Gasteiger partial charge >= 0.3 is 5.97 Å². The largest absolute Gasteiger partial charge is 0.481 e. The molecule has 0 aliphatic carbocycles. The van der Waals surface area contributed by atoms with Gasteiger partial charge in [-0.3, -0.25) is 4.79 Å². The van der Waals surface area contributed by atoms with E-state index >= 15 is 0 Å². The topological polar surface area (TPSA) is 72.5 Å². The Bertz CT molecular complexity index is 398. The van der Waals surface area contributed by atoms with Crippen molar-refractivity contribution in [3.63, 3.8) is 0 Å². The van der Waals surface area contributed by atoms with Gasteiger partial charge in [-0.15, -0.1) is 0 Å². The number of carbonyl (C=O) groups is 1. The van der Waals surface area contributed by atoms with Crippen LogP contribution in [0.25, 0.3) is 0 Å². The molecule has 0 fully saturated rings. The normalized spacial score (nSPS) is 13.3. The molecule has 0 heterocycles. The summed E-state index contributed by atoms with van der Waals surface area (Å²) in [6.07, 6.45) is 0.537. The van der Waals surface area contributed by atoms with Crippen molar-refractivity contribution in [1.82, 2.24) is 0 Å². The number of rotatable bonds is 6. The number of carboxylic acids is 1. The van der Waals surface area contributed by atoms with Crippen LogP contribution in [0.2, 0.25) is 0 Å². The maximum atomic E-state index is 10.5. The molecule has 3 N–H and O–H groups in total. The average Bonchev–Trinajstić information content (AvgIpc) is 2.36. The van der Waals surface area contributed by atoms with Gasteiger partial charge in [-0.05, 0) is 31.4 Å². The molecule has 0 aliphatic heterocycles. The van der Waals surface area contributed by atoms with Gasteiger partial charge in [0.25, 0.3) is 0 Å². The van der Waals surface area contributed by atoms with Crippen molar-refractivity contribution in [3.8, 4) is 0 Å². The standard InChI is InChI=1S/C14H21NO3/c1-14(2,18-3)11-6-4-10(5-7-11)12(15)8-9-13(16)17/h4-7,12H,8-9,15H2,1-3H3,(H,16,17). The smallest absolute Gasteiger partial charge is 0.303 e. The summed E-state index contributed by atoms with van der Waals surface area (Å²) in [6.45, 7) is 3.98. The number of benzene rings is 1. The number of ether oxygens (including phenoxy) is 1. The zero-order chi connectivity index (χ0) is 13.8. The van der Waals surface area contributed by atoms with Crippen LogP contribution in [0.15, 0.2) is 24.3 Å². The average molecular weight is 251 g/mol. The number of methoxy groups -OCH3 is 1. The van der Waals surface area contributed by atoms with Gasteiger partial charge in [-0.25, -0.2) is 0 Å². The monoisotopic (exact) mass is 251 g/mol. The maximum Gasteiger partial charge on any atom is 0.303 e. The molecule has 1 rings (SSSR count). The van der Waals surface area contributed by atoms with E-state index in [0.717, 1.165) is 11.1 Å². The van der Waals surface area contributed by atoms with Crippen LogP contribution in [0.1, 0.15) is 43.9 Å². The highest BCUT2D eigenvalue weighted by atomic mass is 16.5. The first kappa shape index (κ1) is 14.7. The molecule has 0 radical (unpaired) electrons. The summed E-state index contributed by atoms with van der Waals surface area (Å²) in [5, 5.41) is 8.62. The third-order valence-corrected chi connectivity index (χ3v) is 3.21. The summed E-state index contributed by atoms with van der Waals surface area (Å²) in [5.74, 6) is -0.817. The second-order valence-corrected chi connectivity index (χ2v) is 4.88. The van der Waals surface area contributed by atoms with Crippen molar-refractivity contribution >= 4 is 5.97 Å². The summed E-state index contributed by atoms with van der Waals surface area (Å²) in [5.41, 5.74) is 7.63. The van der Waals surface area contributed by atoms with Gasteiger partial charge in [-0.2, -0.15) is 0 Å².